The standard InChI is InChI=1S/C14H26N2S/c1-4-7-8-12(5-2)9-13(16-6-3)14-10-15-11-17-14/h10-13,16H,4-9H2,1-3H3. The van der Waals surface area contributed by atoms with E-state index in [0.29, 0.717) is 6.04 Å². The maximum Gasteiger partial charge on any atom is 0.0794 e. The van der Waals surface area contributed by atoms with Gasteiger partial charge >= 0.3 is 0 Å². The predicted molar refractivity (Wildman–Crippen MR) is 76.5 cm³/mol. The van der Waals surface area contributed by atoms with E-state index in [1.54, 1.807) is 11.3 Å². The van der Waals surface area contributed by atoms with Crippen LogP contribution in [0, 0.1) is 5.92 Å². The van der Waals surface area contributed by atoms with Crippen LogP contribution in [0.3, 0.4) is 0 Å². The Morgan fingerprint density at radius 2 is 2.18 bits per heavy atom. The zero-order valence-corrected chi connectivity index (χ0v) is 12.2. The maximum absolute atomic E-state index is 4.20. The molecule has 0 aliphatic rings. The van der Waals surface area contributed by atoms with Gasteiger partial charge in [0, 0.05) is 17.1 Å². The monoisotopic (exact) mass is 254 g/mol. The number of rotatable bonds is 9. The number of nitrogens with zero attached hydrogens (tertiary/aromatic N) is 1. The Kier molecular flexibility index (Phi) is 7.45. The molecular weight excluding hydrogens is 228 g/mol. The molecule has 2 unspecified atom stereocenters. The van der Waals surface area contributed by atoms with E-state index >= 15 is 0 Å². The van der Waals surface area contributed by atoms with Gasteiger partial charge in [-0.25, -0.2) is 0 Å². The highest BCUT2D eigenvalue weighted by Crippen LogP contribution is 2.28. The molecule has 0 fully saturated rings. The molecule has 0 amide bonds. The van der Waals surface area contributed by atoms with Gasteiger partial charge in [0.1, 0.15) is 0 Å². The van der Waals surface area contributed by atoms with E-state index in [-0.39, 0.29) is 0 Å². The van der Waals surface area contributed by atoms with E-state index in [1.165, 1.54) is 37.0 Å². The van der Waals surface area contributed by atoms with Crippen LogP contribution in [-0.2, 0) is 0 Å². The molecule has 0 radical (unpaired) electrons. The predicted octanol–water partition coefficient (Wildman–Crippen LogP) is 4.40. The first-order valence-electron chi connectivity index (χ1n) is 6.93. The van der Waals surface area contributed by atoms with Crippen LogP contribution in [0.2, 0.25) is 0 Å². The van der Waals surface area contributed by atoms with E-state index in [1.807, 2.05) is 11.7 Å². The topological polar surface area (TPSA) is 24.9 Å². The fourth-order valence-electron chi connectivity index (χ4n) is 2.26. The lowest BCUT2D eigenvalue weighted by Gasteiger charge is -2.22. The van der Waals surface area contributed by atoms with Crippen LogP contribution in [0.25, 0.3) is 0 Å². The number of thiazole rings is 1. The van der Waals surface area contributed by atoms with Crippen molar-refractivity contribution < 1.29 is 0 Å². The van der Waals surface area contributed by atoms with Crippen molar-refractivity contribution in [1.29, 1.82) is 0 Å². The molecule has 1 aromatic rings. The molecule has 0 aliphatic heterocycles. The summed E-state index contributed by atoms with van der Waals surface area (Å²) in [6.45, 7) is 7.81. The van der Waals surface area contributed by atoms with E-state index in [9.17, 15) is 0 Å². The fourth-order valence-corrected chi connectivity index (χ4v) is 2.97. The third-order valence-corrected chi connectivity index (χ3v) is 4.25. The van der Waals surface area contributed by atoms with Crippen LogP contribution in [0.4, 0.5) is 0 Å². The Morgan fingerprint density at radius 3 is 2.71 bits per heavy atom. The first-order valence-corrected chi connectivity index (χ1v) is 7.81. The third-order valence-electron chi connectivity index (χ3n) is 3.36. The lowest BCUT2D eigenvalue weighted by atomic mass is 9.91. The minimum Gasteiger partial charge on any atom is -0.309 e. The summed E-state index contributed by atoms with van der Waals surface area (Å²) < 4.78 is 0. The molecule has 0 saturated carbocycles. The Labute approximate surface area is 110 Å². The van der Waals surface area contributed by atoms with Crippen LogP contribution in [0.1, 0.15) is 63.8 Å². The summed E-state index contributed by atoms with van der Waals surface area (Å²) in [5.41, 5.74) is 1.94. The molecule has 1 heterocycles. The van der Waals surface area contributed by atoms with Crippen LogP contribution < -0.4 is 5.32 Å². The van der Waals surface area contributed by atoms with Gasteiger partial charge in [-0.05, 0) is 18.9 Å². The van der Waals surface area contributed by atoms with E-state index < -0.39 is 0 Å². The Bertz CT molecular complexity index is 272. The van der Waals surface area contributed by atoms with Gasteiger partial charge in [0.05, 0.1) is 5.51 Å². The Morgan fingerprint density at radius 1 is 1.35 bits per heavy atom. The second-order valence-corrected chi connectivity index (χ2v) is 5.58. The van der Waals surface area contributed by atoms with E-state index in [2.05, 4.69) is 31.1 Å². The Hall–Kier alpha value is -0.410. The summed E-state index contributed by atoms with van der Waals surface area (Å²) in [4.78, 5) is 5.59. The van der Waals surface area contributed by atoms with E-state index in [0.717, 1.165) is 12.5 Å². The number of unbranched alkanes of at least 4 members (excludes halogenated alkanes) is 1. The molecule has 17 heavy (non-hydrogen) atoms. The second kappa shape index (κ2) is 8.65. The number of aromatic nitrogens is 1. The van der Waals surface area contributed by atoms with Gasteiger partial charge < -0.3 is 5.32 Å². The summed E-state index contributed by atoms with van der Waals surface area (Å²) in [7, 11) is 0. The summed E-state index contributed by atoms with van der Waals surface area (Å²) in [6.07, 6.45) is 8.61. The van der Waals surface area contributed by atoms with Crippen LogP contribution in [0.15, 0.2) is 11.7 Å². The number of nitrogens with one attached hydrogen (secondary N) is 1. The largest absolute Gasteiger partial charge is 0.309 e. The minimum atomic E-state index is 0.509. The number of hydrogen-bond donors (Lipinski definition) is 1. The molecule has 0 saturated heterocycles. The molecule has 0 bridgehead atoms. The van der Waals surface area contributed by atoms with Crippen molar-refractivity contribution in [1.82, 2.24) is 10.3 Å². The summed E-state index contributed by atoms with van der Waals surface area (Å²) in [5, 5.41) is 3.60. The second-order valence-electron chi connectivity index (χ2n) is 4.67. The molecule has 0 spiro atoms. The molecule has 98 valence electrons. The van der Waals surface area contributed by atoms with Crippen molar-refractivity contribution in [2.75, 3.05) is 6.54 Å². The molecule has 3 heteroatoms. The van der Waals surface area contributed by atoms with Gasteiger partial charge in [0.15, 0.2) is 0 Å². The zero-order valence-electron chi connectivity index (χ0n) is 11.4. The SMILES string of the molecule is CCCCC(CC)CC(NCC)c1cncs1. The van der Waals surface area contributed by atoms with Crippen molar-refractivity contribution in [2.24, 2.45) is 5.92 Å². The minimum absolute atomic E-state index is 0.509. The molecule has 2 atom stereocenters. The third kappa shape index (κ3) is 5.17. The van der Waals surface area contributed by atoms with Crippen molar-refractivity contribution in [3.8, 4) is 0 Å². The molecule has 0 aliphatic carbocycles. The average Bonchev–Trinajstić information content (AvgIpc) is 2.87. The molecule has 1 rings (SSSR count). The molecule has 0 aromatic carbocycles. The Balaban J connectivity index is 2.52. The van der Waals surface area contributed by atoms with Gasteiger partial charge in [-0.1, -0.05) is 46.5 Å². The normalized spacial score (nSPS) is 14.8. The zero-order chi connectivity index (χ0) is 12.5. The highest BCUT2D eigenvalue weighted by molar-refractivity contribution is 7.09. The van der Waals surface area contributed by atoms with E-state index in [4.69, 9.17) is 0 Å². The molecule has 2 nitrogen and oxygen atoms in total. The van der Waals surface area contributed by atoms with Crippen molar-refractivity contribution >= 4 is 11.3 Å². The van der Waals surface area contributed by atoms with Gasteiger partial charge in [0.25, 0.3) is 0 Å². The number of hydrogen-bond acceptors (Lipinski definition) is 3. The smallest absolute Gasteiger partial charge is 0.0794 e. The van der Waals surface area contributed by atoms with Gasteiger partial charge in [-0.3, -0.25) is 4.98 Å². The summed E-state index contributed by atoms with van der Waals surface area (Å²) in [5.74, 6) is 0.848. The first kappa shape index (κ1) is 14.7. The van der Waals surface area contributed by atoms with Crippen LogP contribution in [0.5, 0.6) is 0 Å². The maximum atomic E-state index is 4.20. The van der Waals surface area contributed by atoms with Gasteiger partial charge in [-0.2, -0.15) is 0 Å². The summed E-state index contributed by atoms with van der Waals surface area (Å²) in [6, 6.07) is 0.509. The first-order chi connectivity index (χ1) is 8.31. The van der Waals surface area contributed by atoms with Crippen molar-refractivity contribution in [3.05, 3.63) is 16.6 Å². The van der Waals surface area contributed by atoms with Crippen molar-refractivity contribution in [2.45, 2.75) is 58.9 Å². The quantitative estimate of drug-likeness (QED) is 0.706. The molecular formula is C14H26N2S. The lowest BCUT2D eigenvalue weighted by Crippen LogP contribution is -2.22. The van der Waals surface area contributed by atoms with Crippen molar-refractivity contribution in [3.63, 3.8) is 0 Å². The van der Waals surface area contributed by atoms with Gasteiger partial charge in [0.2, 0.25) is 0 Å². The summed E-state index contributed by atoms with van der Waals surface area (Å²) >= 11 is 1.77. The fraction of sp³-hybridized carbons (Fsp3) is 0.786. The van der Waals surface area contributed by atoms with Crippen LogP contribution in [-0.4, -0.2) is 11.5 Å². The highest BCUT2D eigenvalue weighted by Gasteiger charge is 2.17. The highest BCUT2D eigenvalue weighted by atomic mass is 32.1. The molecule has 1 N–H and O–H groups in total. The molecule has 1 aromatic heterocycles. The lowest BCUT2D eigenvalue weighted by molar-refractivity contribution is 0.359. The van der Waals surface area contributed by atoms with Crippen LogP contribution >= 0.6 is 11.3 Å². The average molecular weight is 254 g/mol. The van der Waals surface area contributed by atoms with Gasteiger partial charge in [-0.15, -0.1) is 11.3 Å².